The summed E-state index contributed by atoms with van der Waals surface area (Å²) in [5.41, 5.74) is 0.378. The van der Waals surface area contributed by atoms with E-state index >= 15 is 0 Å². The molecule has 8 nitrogen and oxygen atoms in total. The van der Waals surface area contributed by atoms with Gasteiger partial charge in [0.1, 0.15) is 11.4 Å². The number of rotatable bonds is 7. The van der Waals surface area contributed by atoms with Crippen LogP contribution in [0.15, 0.2) is 52.9 Å². The van der Waals surface area contributed by atoms with Crippen LogP contribution in [0.4, 0.5) is 24.5 Å². The maximum atomic E-state index is 13.3. The Bertz CT molecular complexity index is 1280. The van der Waals surface area contributed by atoms with Crippen molar-refractivity contribution < 1.29 is 31.2 Å². The molecule has 2 fully saturated rings. The van der Waals surface area contributed by atoms with E-state index in [1.54, 1.807) is 4.90 Å². The van der Waals surface area contributed by atoms with Crippen molar-refractivity contribution in [2.45, 2.75) is 43.5 Å². The van der Waals surface area contributed by atoms with Crippen LogP contribution in [0.3, 0.4) is 0 Å². The van der Waals surface area contributed by atoms with E-state index < -0.39 is 32.6 Å². The van der Waals surface area contributed by atoms with Crippen LogP contribution in [0.1, 0.15) is 30.9 Å². The van der Waals surface area contributed by atoms with Gasteiger partial charge in [-0.25, -0.2) is 13.1 Å². The van der Waals surface area contributed by atoms with Crippen molar-refractivity contribution in [3.8, 4) is 5.75 Å². The van der Waals surface area contributed by atoms with Gasteiger partial charge in [-0.3, -0.25) is 10.1 Å². The summed E-state index contributed by atoms with van der Waals surface area (Å²) < 4.78 is 70.8. The molecule has 1 N–H and O–H groups in total. The highest BCUT2D eigenvalue weighted by Crippen LogP contribution is 2.48. The number of hydrogen-bond acceptors (Lipinski definition) is 6. The molecule has 1 saturated carbocycles. The Balaban J connectivity index is 1.65. The molecular formula is C22H22F3N3O5S. The number of halogens is 3. The molecular weight excluding hydrogens is 475 g/mol. The molecule has 182 valence electrons. The number of alkyl halides is 3. The Morgan fingerprint density at radius 3 is 2.44 bits per heavy atom. The van der Waals surface area contributed by atoms with Crippen LogP contribution in [0.25, 0.3) is 0 Å². The summed E-state index contributed by atoms with van der Waals surface area (Å²) >= 11 is 0. The zero-order valence-electron chi connectivity index (χ0n) is 18.3. The fourth-order valence-corrected chi connectivity index (χ4v) is 5.81. The van der Waals surface area contributed by atoms with E-state index in [1.165, 1.54) is 31.2 Å². The summed E-state index contributed by atoms with van der Waals surface area (Å²) in [5, 5.41) is 11.8. The molecule has 0 spiro atoms. The number of allylic oxidation sites excluding steroid dienone is 1. The first-order chi connectivity index (χ1) is 15.8. The van der Waals surface area contributed by atoms with Gasteiger partial charge < -0.3 is 9.64 Å². The molecule has 12 heteroatoms. The third-order valence-corrected chi connectivity index (χ3v) is 7.75. The maximum absolute atomic E-state index is 13.3. The van der Waals surface area contributed by atoms with Gasteiger partial charge in [0.25, 0.3) is 5.69 Å². The van der Waals surface area contributed by atoms with Gasteiger partial charge in [0.05, 0.1) is 15.4 Å². The molecule has 2 aliphatic rings. The van der Waals surface area contributed by atoms with Crippen LogP contribution in [0.2, 0.25) is 0 Å². The van der Waals surface area contributed by atoms with Gasteiger partial charge in [-0.15, -0.1) is 13.2 Å². The highest BCUT2D eigenvalue weighted by Gasteiger charge is 2.48. The fourth-order valence-electron chi connectivity index (χ4n) is 4.12. The lowest BCUT2D eigenvalue weighted by atomic mass is 10.0. The Labute approximate surface area is 194 Å². The molecule has 1 aliphatic carbocycles. The molecule has 0 amide bonds. The van der Waals surface area contributed by atoms with E-state index in [0.29, 0.717) is 37.2 Å². The summed E-state index contributed by atoms with van der Waals surface area (Å²) in [5.74, 6) is -0.457. The van der Waals surface area contributed by atoms with E-state index in [4.69, 9.17) is 0 Å². The van der Waals surface area contributed by atoms with Crippen LogP contribution < -0.4 is 14.4 Å². The van der Waals surface area contributed by atoms with Gasteiger partial charge in [-0.05, 0) is 62.1 Å². The normalized spacial score (nSPS) is 17.2. The second-order valence-corrected chi connectivity index (χ2v) is 10.0. The monoisotopic (exact) mass is 497 g/mol. The molecule has 34 heavy (non-hydrogen) atoms. The van der Waals surface area contributed by atoms with Crippen LogP contribution in [-0.4, -0.2) is 32.8 Å². The molecule has 4 rings (SSSR count). The van der Waals surface area contributed by atoms with Crippen molar-refractivity contribution in [1.82, 2.24) is 4.72 Å². The number of hydrogen-bond donors (Lipinski definition) is 1. The van der Waals surface area contributed by atoms with Crippen molar-refractivity contribution in [3.63, 3.8) is 0 Å². The van der Waals surface area contributed by atoms with Gasteiger partial charge >= 0.3 is 6.36 Å². The van der Waals surface area contributed by atoms with Crippen LogP contribution in [0, 0.1) is 17.0 Å². The smallest absolute Gasteiger partial charge is 0.406 e. The highest BCUT2D eigenvalue weighted by atomic mass is 32.2. The molecule has 2 aromatic carbocycles. The molecule has 0 bridgehead atoms. The molecule has 0 atom stereocenters. The van der Waals surface area contributed by atoms with Gasteiger partial charge in [0, 0.05) is 18.7 Å². The summed E-state index contributed by atoms with van der Waals surface area (Å²) in [4.78, 5) is 12.8. The lowest BCUT2D eigenvalue weighted by molar-refractivity contribution is -0.384. The standard InChI is InChI=1S/C22H22F3N3O5S/c1-3-15-12-27(13-15)18-7-8-19(14(2)20(18)28(29)30)34(31,32)26-21(9-10-21)16-5-4-6-17(11-16)33-22(23,24)25/h3-8,11,26H,9-10,12-13H2,1-2H3. The number of benzene rings is 2. The summed E-state index contributed by atoms with van der Waals surface area (Å²) in [6, 6.07) is 7.88. The van der Waals surface area contributed by atoms with E-state index in [1.807, 2.05) is 13.0 Å². The molecule has 1 aliphatic heterocycles. The Morgan fingerprint density at radius 2 is 1.88 bits per heavy atom. The van der Waals surface area contributed by atoms with Gasteiger partial charge in [-0.1, -0.05) is 18.2 Å². The van der Waals surface area contributed by atoms with Crippen molar-refractivity contribution in [2.24, 2.45) is 0 Å². The number of anilines is 1. The van der Waals surface area contributed by atoms with Crippen LogP contribution in [0.5, 0.6) is 5.75 Å². The predicted octanol–water partition coefficient (Wildman–Crippen LogP) is 4.54. The molecule has 1 saturated heterocycles. The van der Waals surface area contributed by atoms with Gasteiger partial charge in [0.2, 0.25) is 10.0 Å². The average Bonchev–Trinajstić information content (AvgIpc) is 3.45. The zero-order valence-corrected chi connectivity index (χ0v) is 19.2. The first kappa shape index (κ1) is 24.0. The average molecular weight is 497 g/mol. The number of nitrogens with zero attached hydrogens (tertiary/aromatic N) is 2. The topological polar surface area (TPSA) is 102 Å². The van der Waals surface area contributed by atoms with E-state index in [9.17, 15) is 31.7 Å². The fraction of sp³-hybridized carbons (Fsp3) is 0.364. The van der Waals surface area contributed by atoms with Gasteiger partial charge in [0.15, 0.2) is 0 Å². The zero-order chi connectivity index (χ0) is 24.9. The number of sulfonamides is 1. The minimum Gasteiger partial charge on any atom is -0.406 e. The summed E-state index contributed by atoms with van der Waals surface area (Å²) in [6.45, 7) is 4.32. The van der Waals surface area contributed by atoms with Crippen molar-refractivity contribution in [3.05, 3.63) is 69.3 Å². The Hall–Kier alpha value is -3.12. The van der Waals surface area contributed by atoms with Crippen molar-refractivity contribution in [2.75, 3.05) is 18.0 Å². The summed E-state index contributed by atoms with van der Waals surface area (Å²) in [7, 11) is -4.23. The lowest BCUT2D eigenvalue weighted by Gasteiger charge is -2.36. The first-order valence-electron chi connectivity index (χ1n) is 10.4. The van der Waals surface area contributed by atoms with E-state index in [0.717, 1.165) is 17.7 Å². The molecule has 0 aromatic heterocycles. The second kappa shape index (κ2) is 8.27. The van der Waals surface area contributed by atoms with Crippen molar-refractivity contribution >= 4 is 21.4 Å². The first-order valence-corrected chi connectivity index (χ1v) is 11.9. The second-order valence-electron chi connectivity index (χ2n) is 8.38. The lowest BCUT2D eigenvalue weighted by Crippen LogP contribution is -2.40. The molecule has 2 aromatic rings. The summed E-state index contributed by atoms with van der Waals surface area (Å²) in [6.07, 6.45) is -2.22. The van der Waals surface area contributed by atoms with Crippen LogP contribution >= 0.6 is 0 Å². The van der Waals surface area contributed by atoms with Crippen molar-refractivity contribution in [1.29, 1.82) is 0 Å². The van der Waals surface area contributed by atoms with Gasteiger partial charge in [-0.2, -0.15) is 0 Å². The number of ether oxygens (including phenoxy) is 1. The Morgan fingerprint density at radius 1 is 1.21 bits per heavy atom. The SMILES string of the molecule is CC=C1CN(c2ccc(S(=O)(=O)NC3(c4cccc(OC(F)(F)F)c4)CC3)c(C)c2[N+](=O)[O-])C1. The minimum atomic E-state index is -4.88. The number of nitro benzene ring substituents is 1. The quantitative estimate of drug-likeness (QED) is 0.343. The number of nitro groups is 1. The third-order valence-electron chi connectivity index (χ3n) is 6.07. The largest absolute Gasteiger partial charge is 0.573 e. The highest BCUT2D eigenvalue weighted by molar-refractivity contribution is 7.89. The molecule has 0 radical (unpaired) electrons. The predicted molar refractivity (Wildman–Crippen MR) is 118 cm³/mol. The minimum absolute atomic E-state index is 0.00566. The maximum Gasteiger partial charge on any atom is 0.573 e. The molecule has 0 unspecified atom stereocenters. The Kier molecular flexibility index (Phi) is 5.85. The van der Waals surface area contributed by atoms with Crippen LogP contribution in [-0.2, 0) is 15.6 Å². The number of nitrogens with one attached hydrogen (secondary N) is 1. The van der Waals surface area contributed by atoms with E-state index in [-0.39, 0.29) is 16.1 Å². The molecule has 1 heterocycles. The third kappa shape index (κ3) is 4.60. The van der Waals surface area contributed by atoms with E-state index in [2.05, 4.69) is 9.46 Å².